The van der Waals surface area contributed by atoms with E-state index >= 15 is 0 Å². The Morgan fingerprint density at radius 2 is 1.58 bits per heavy atom. The highest BCUT2D eigenvalue weighted by atomic mass is 16.2. The van der Waals surface area contributed by atoms with Crippen molar-refractivity contribution in [1.82, 2.24) is 5.32 Å². The van der Waals surface area contributed by atoms with Gasteiger partial charge in [-0.1, -0.05) is 45.4 Å². The third-order valence-corrected chi connectivity index (χ3v) is 3.35. The smallest absolute Gasteiger partial charge is 0.228 e. The molecule has 106 valence electrons. The van der Waals surface area contributed by atoms with Gasteiger partial charge in [-0.25, -0.2) is 0 Å². The summed E-state index contributed by atoms with van der Waals surface area (Å²) in [6.07, 6.45) is 12.1. The molecule has 0 aliphatic heterocycles. The maximum absolute atomic E-state index is 11.3. The first-order valence-electron chi connectivity index (χ1n) is 7.37. The van der Waals surface area contributed by atoms with Crippen molar-refractivity contribution in [1.29, 1.82) is 0 Å². The molecule has 1 aliphatic rings. The third kappa shape index (κ3) is 5.86. The fraction of sp³-hybridized carbons (Fsp3) is 0.625. The molecule has 0 radical (unpaired) electrons. The lowest BCUT2D eigenvalue weighted by Crippen LogP contribution is -2.23. The van der Waals surface area contributed by atoms with Crippen LogP contribution in [0.3, 0.4) is 0 Å². The number of Topliss-reactive ketones (excluding diaryl/α,β-unsaturated/α-hetero) is 1. The van der Waals surface area contributed by atoms with Crippen LogP contribution in [0.5, 0.6) is 0 Å². The Hall–Kier alpha value is -1.38. The van der Waals surface area contributed by atoms with Gasteiger partial charge in [-0.2, -0.15) is 0 Å². The van der Waals surface area contributed by atoms with Crippen LogP contribution >= 0.6 is 0 Å². The monoisotopic (exact) mass is 263 g/mol. The minimum atomic E-state index is -0.415. The van der Waals surface area contributed by atoms with Crippen LogP contribution in [0.25, 0.3) is 0 Å². The molecule has 0 amide bonds. The molecule has 0 bridgehead atoms. The lowest BCUT2D eigenvalue weighted by atomic mass is 10.0. The number of unbranched alkanes of at least 4 members (excludes halogenated alkanes) is 6. The van der Waals surface area contributed by atoms with E-state index in [1.165, 1.54) is 44.6 Å². The summed E-state index contributed by atoms with van der Waals surface area (Å²) < 4.78 is 0. The Labute approximate surface area is 116 Å². The highest BCUT2D eigenvalue weighted by Gasteiger charge is 2.18. The molecular weight excluding hydrogens is 238 g/mol. The first-order valence-corrected chi connectivity index (χ1v) is 7.37. The molecule has 1 rings (SSSR count). The van der Waals surface area contributed by atoms with Crippen LogP contribution in [-0.2, 0) is 9.59 Å². The summed E-state index contributed by atoms with van der Waals surface area (Å²) in [5.74, 6) is -0.802. The summed E-state index contributed by atoms with van der Waals surface area (Å²) in [5.41, 5.74) is 1.29. The van der Waals surface area contributed by atoms with Crippen molar-refractivity contribution in [3.05, 3.63) is 23.4 Å². The lowest BCUT2D eigenvalue weighted by Gasteiger charge is -2.11. The van der Waals surface area contributed by atoms with E-state index in [-0.39, 0.29) is 5.78 Å². The van der Waals surface area contributed by atoms with Crippen molar-refractivity contribution < 1.29 is 9.59 Å². The lowest BCUT2D eigenvalue weighted by molar-refractivity contribution is -0.131. The van der Waals surface area contributed by atoms with Gasteiger partial charge in [0, 0.05) is 23.9 Å². The molecular formula is C16H25NO2. The molecule has 0 fully saturated rings. The molecule has 0 unspecified atom stereocenters. The first-order chi connectivity index (χ1) is 9.15. The van der Waals surface area contributed by atoms with Crippen LogP contribution in [-0.4, -0.2) is 18.1 Å². The van der Waals surface area contributed by atoms with Gasteiger partial charge in [0.15, 0.2) is 0 Å². The number of hydrogen-bond donors (Lipinski definition) is 1. The van der Waals surface area contributed by atoms with E-state index in [9.17, 15) is 9.59 Å². The van der Waals surface area contributed by atoms with E-state index in [2.05, 4.69) is 12.2 Å². The van der Waals surface area contributed by atoms with E-state index in [0.29, 0.717) is 5.57 Å². The highest BCUT2D eigenvalue weighted by Crippen LogP contribution is 2.10. The number of carbonyl (C=O) groups is 2. The normalized spacial score (nSPS) is 15.3. The Bertz CT molecular complexity index is 380. The van der Waals surface area contributed by atoms with Gasteiger partial charge in [0.05, 0.1) is 0 Å². The topological polar surface area (TPSA) is 46.2 Å². The zero-order valence-corrected chi connectivity index (χ0v) is 12.1. The van der Waals surface area contributed by atoms with E-state index < -0.39 is 5.78 Å². The molecule has 0 atom stereocenters. The van der Waals surface area contributed by atoms with Crippen molar-refractivity contribution in [2.45, 2.75) is 58.8 Å². The Balaban J connectivity index is 2.12. The summed E-state index contributed by atoms with van der Waals surface area (Å²) in [4.78, 5) is 22.6. The maximum Gasteiger partial charge on any atom is 0.228 e. The Morgan fingerprint density at radius 3 is 2.21 bits per heavy atom. The van der Waals surface area contributed by atoms with Gasteiger partial charge in [-0.3, -0.25) is 9.59 Å². The van der Waals surface area contributed by atoms with Crippen molar-refractivity contribution in [3.8, 4) is 0 Å². The average Bonchev–Trinajstić information content (AvgIpc) is 2.39. The van der Waals surface area contributed by atoms with Gasteiger partial charge in [0.2, 0.25) is 11.6 Å². The van der Waals surface area contributed by atoms with Crippen molar-refractivity contribution in [3.63, 3.8) is 0 Å². The predicted molar refractivity (Wildman–Crippen MR) is 77.8 cm³/mol. The van der Waals surface area contributed by atoms with Crippen molar-refractivity contribution in [2.24, 2.45) is 0 Å². The van der Waals surface area contributed by atoms with Crippen LogP contribution < -0.4 is 5.32 Å². The highest BCUT2D eigenvalue weighted by molar-refractivity contribution is 6.48. The first kappa shape index (κ1) is 15.7. The van der Waals surface area contributed by atoms with Gasteiger partial charge in [-0.05, 0) is 19.4 Å². The molecule has 0 saturated heterocycles. The van der Waals surface area contributed by atoms with Crippen molar-refractivity contribution in [2.75, 3.05) is 6.54 Å². The van der Waals surface area contributed by atoms with E-state index in [0.717, 1.165) is 18.7 Å². The SMILES string of the molecule is CCCCCCCCCNC1=CC(=O)C(=O)C(C)=C1. The van der Waals surface area contributed by atoms with Crippen LogP contribution in [0.2, 0.25) is 0 Å². The number of nitrogens with one attached hydrogen (secondary N) is 1. The van der Waals surface area contributed by atoms with Crippen LogP contribution in [0, 0.1) is 0 Å². The average molecular weight is 263 g/mol. The summed E-state index contributed by atoms with van der Waals surface area (Å²) in [7, 11) is 0. The second-order valence-electron chi connectivity index (χ2n) is 5.17. The maximum atomic E-state index is 11.3. The molecule has 0 heterocycles. The second kappa shape index (κ2) is 8.68. The molecule has 3 nitrogen and oxygen atoms in total. The largest absolute Gasteiger partial charge is 0.385 e. The quantitative estimate of drug-likeness (QED) is 0.394. The van der Waals surface area contributed by atoms with E-state index in [4.69, 9.17) is 0 Å². The number of rotatable bonds is 9. The number of allylic oxidation sites excluding steroid dienone is 3. The molecule has 1 aliphatic carbocycles. The molecule has 0 aromatic heterocycles. The minimum Gasteiger partial charge on any atom is -0.385 e. The van der Waals surface area contributed by atoms with Crippen LogP contribution in [0.15, 0.2) is 23.4 Å². The number of hydrogen-bond acceptors (Lipinski definition) is 3. The van der Waals surface area contributed by atoms with Gasteiger partial charge < -0.3 is 5.32 Å². The van der Waals surface area contributed by atoms with Gasteiger partial charge in [0.1, 0.15) is 0 Å². The molecule has 0 saturated carbocycles. The predicted octanol–water partition coefficient (Wildman–Crippen LogP) is 3.31. The number of carbonyl (C=O) groups excluding carboxylic acids is 2. The zero-order chi connectivity index (χ0) is 14.1. The van der Waals surface area contributed by atoms with Gasteiger partial charge >= 0.3 is 0 Å². The van der Waals surface area contributed by atoms with E-state index in [1.807, 2.05) is 0 Å². The van der Waals surface area contributed by atoms with Gasteiger partial charge in [-0.15, -0.1) is 0 Å². The second-order valence-corrected chi connectivity index (χ2v) is 5.17. The third-order valence-electron chi connectivity index (χ3n) is 3.35. The molecule has 1 N–H and O–H groups in total. The summed E-state index contributed by atoms with van der Waals surface area (Å²) in [6.45, 7) is 4.77. The molecule has 0 aromatic carbocycles. The van der Waals surface area contributed by atoms with Crippen molar-refractivity contribution >= 4 is 11.6 Å². The Kier molecular flexibility index (Phi) is 7.16. The summed E-state index contributed by atoms with van der Waals surface area (Å²) in [6, 6.07) is 0. The van der Waals surface area contributed by atoms with Gasteiger partial charge in [0.25, 0.3) is 0 Å². The minimum absolute atomic E-state index is 0.388. The standard InChI is InChI=1S/C16H25NO2/c1-3-4-5-6-7-8-9-10-17-14-11-13(2)16(19)15(18)12-14/h11-12,17H,3-10H2,1-2H3. The molecule has 19 heavy (non-hydrogen) atoms. The van der Waals surface area contributed by atoms with Crippen LogP contribution in [0.4, 0.5) is 0 Å². The summed E-state index contributed by atoms with van der Waals surface area (Å²) in [5, 5.41) is 3.22. The molecule has 3 heteroatoms. The fourth-order valence-electron chi connectivity index (χ4n) is 2.16. The molecule has 0 spiro atoms. The van der Waals surface area contributed by atoms with Crippen LogP contribution in [0.1, 0.15) is 58.8 Å². The zero-order valence-electron chi connectivity index (χ0n) is 12.1. The van der Waals surface area contributed by atoms with E-state index in [1.54, 1.807) is 13.0 Å². The number of ketones is 2. The summed E-state index contributed by atoms with van der Waals surface area (Å²) >= 11 is 0. The Morgan fingerprint density at radius 1 is 0.947 bits per heavy atom. The molecule has 0 aromatic rings. The fourth-order valence-corrected chi connectivity index (χ4v) is 2.16.